The van der Waals surface area contributed by atoms with Crippen LogP contribution in [0.1, 0.15) is 49.9 Å². The second-order valence-electron chi connectivity index (χ2n) is 7.26. The van der Waals surface area contributed by atoms with Crippen LogP contribution >= 0.6 is 0 Å². The van der Waals surface area contributed by atoms with Crippen molar-refractivity contribution in [3.63, 3.8) is 0 Å². The molecule has 144 valence electrons. The van der Waals surface area contributed by atoms with Crippen molar-refractivity contribution in [1.82, 2.24) is 4.90 Å². The van der Waals surface area contributed by atoms with Gasteiger partial charge in [0.05, 0.1) is 13.7 Å². The number of hydrogen-bond acceptors (Lipinski definition) is 4. The highest BCUT2D eigenvalue weighted by molar-refractivity contribution is 5.95. The van der Waals surface area contributed by atoms with Crippen LogP contribution in [0.4, 0.5) is 0 Å². The number of piperidine rings is 1. The molecule has 1 heterocycles. The summed E-state index contributed by atoms with van der Waals surface area (Å²) in [4.78, 5) is 25.4. The van der Waals surface area contributed by atoms with Crippen molar-refractivity contribution in [3.05, 3.63) is 23.8 Å². The number of carboxylic acids is 1. The topological polar surface area (TPSA) is 76.1 Å². The number of rotatable bonds is 8. The van der Waals surface area contributed by atoms with Gasteiger partial charge in [-0.25, -0.2) is 0 Å². The second kappa shape index (κ2) is 9.46. The van der Waals surface area contributed by atoms with Gasteiger partial charge in [-0.2, -0.15) is 0 Å². The number of hydrogen-bond donors (Lipinski definition) is 1. The first-order valence-electron chi connectivity index (χ1n) is 9.22. The van der Waals surface area contributed by atoms with Crippen LogP contribution in [0.5, 0.6) is 11.5 Å². The predicted octanol–water partition coefficient (Wildman–Crippen LogP) is 3.45. The summed E-state index contributed by atoms with van der Waals surface area (Å²) in [6.07, 6.45) is 2.65. The summed E-state index contributed by atoms with van der Waals surface area (Å²) in [6.45, 7) is 6.04. The third-order valence-electron chi connectivity index (χ3n) is 4.56. The van der Waals surface area contributed by atoms with Gasteiger partial charge in [0.2, 0.25) is 0 Å². The van der Waals surface area contributed by atoms with Crippen LogP contribution in [0, 0.1) is 11.8 Å². The van der Waals surface area contributed by atoms with Crippen molar-refractivity contribution in [2.45, 2.75) is 39.5 Å². The molecule has 1 unspecified atom stereocenters. The molecule has 6 nitrogen and oxygen atoms in total. The molecule has 1 amide bonds. The standard InChI is InChI=1S/C20H29NO5/c1-14(2)13-26-17-8-7-16(11-18(17)25-3)20(24)21-10-4-5-15(12-21)6-9-19(22)23/h7-8,11,14-15H,4-6,9-10,12-13H2,1-3H3,(H,22,23). The molecule has 0 bridgehead atoms. The van der Waals surface area contributed by atoms with Gasteiger partial charge in [-0.05, 0) is 49.3 Å². The van der Waals surface area contributed by atoms with Crippen molar-refractivity contribution in [3.8, 4) is 11.5 Å². The van der Waals surface area contributed by atoms with E-state index in [1.807, 2.05) is 4.90 Å². The highest BCUT2D eigenvalue weighted by Gasteiger charge is 2.25. The second-order valence-corrected chi connectivity index (χ2v) is 7.26. The summed E-state index contributed by atoms with van der Waals surface area (Å²) in [7, 11) is 1.56. The Hall–Kier alpha value is -2.24. The molecule has 1 aliphatic rings. The summed E-state index contributed by atoms with van der Waals surface area (Å²) in [5.74, 6) is 1.01. The van der Waals surface area contributed by atoms with E-state index in [2.05, 4.69) is 13.8 Å². The SMILES string of the molecule is COc1cc(C(=O)N2CCCC(CCC(=O)O)C2)ccc1OCC(C)C. The summed E-state index contributed by atoms with van der Waals surface area (Å²) >= 11 is 0. The third kappa shape index (κ3) is 5.64. The van der Waals surface area contributed by atoms with E-state index in [1.165, 1.54) is 0 Å². The maximum atomic E-state index is 12.8. The molecule has 0 spiro atoms. The normalized spacial score (nSPS) is 17.2. The smallest absolute Gasteiger partial charge is 0.303 e. The number of ether oxygens (including phenoxy) is 2. The molecular weight excluding hydrogens is 334 g/mol. The first-order chi connectivity index (χ1) is 12.4. The van der Waals surface area contributed by atoms with Crippen LogP contribution in [0.15, 0.2) is 18.2 Å². The van der Waals surface area contributed by atoms with Crippen molar-refractivity contribution < 1.29 is 24.2 Å². The van der Waals surface area contributed by atoms with Gasteiger partial charge in [0.1, 0.15) is 0 Å². The molecule has 1 fully saturated rings. The highest BCUT2D eigenvalue weighted by Crippen LogP contribution is 2.30. The summed E-state index contributed by atoms with van der Waals surface area (Å²) in [6, 6.07) is 5.26. The molecule has 0 radical (unpaired) electrons. The van der Waals surface area contributed by atoms with Gasteiger partial charge in [-0.3, -0.25) is 9.59 Å². The lowest BCUT2D eigenvalue weighted by atomic mass is 9.93. The Morgan fingerprint density at radius 3 is 2.73 bits per heavy atom. The van der Waals surface area contributed by atoms with Crippen LogP contribution in [-0.4, -0.2) is 48.7 Å². The summed E-state index contributed by atoms with van der Waals surface area (Å²) < 4.78 is 11.1. The zero-order chi connectivity index (χ0) is 19.1. The van der Waals surface area contributed by atoms with Crippen LogP contribution in [0.25, 0.3) is 0 Å². The molecule has 6 heteroatoms. The molecule has 1 atom stereocenters. The first-order valence-corrected chi connectivity index (χ1v) is 9.22. The van der Waals surface area contributed by atoms with Gasteiger partial charge in [0, 0.05) is 25.1 Å². The Bertz CT molecular complexity index is 629. The number of aliphatic carboxylic acids is 1. The molecular formula is C20H29NO5. The van der Waals surface area contributed by atoms with Crippen LogP contribution in [0.3, 0.4) is 0 Å². The van der Waals surface area contributed by atoms with Gasteiger partial charge in [-0.15, -0.1) is 0 Å². The lowest BCUT2D eigenvalue weighted by Gasteiger charge is -2.32. The molecule has 0 saturated carbocycles. The van der Waals surface area contributed by atoms with Crippen molar-refractivity contribution >= 4 is 11.9 Å². The van der Waals surface area contributed by atoms with E-state index in [0.29, 0.717) is 49.1 Å². The van der Waals surface area contributed by atoms with E-state index in [4.69, 9.17) is 14.6 Å². The van der Waals surface area contributed by atoms with E-state index in [1.54, 1.807) is 25.3 Å². The van der Waals surface area contributed by atoms with Crippen LogP contribution in [0.2, 0.25) is 0 Å². The highest BCUT2D eigenvalue weighted by atomic mass is 16.5. The minimum absolute atomic E-state index is 0.0428. The quantitative estimate of drug-likeness (QED) is 0.765. The fourth-order valence-electron chi connectivity index (χ4n) is 3.17. The van der Waals surface area contributed by atoms with Crippen molar-refractivity contribution in [2.24, 2.45) is 11.8 Å². The van der Waals surface area contributed by atoms with E-state index in [0.717, 1.165) is 12.8 Å². The van der Waals surface area contributed by atoms with Crippen LogP contribution < -0.4 is 9.47 Å². The molecule has 2 rings (SSSR count). The summed E-state index contributed by atoms with van der Waals surface area (Å²) in [5, 5.41) is 8.85. The predicted molar refractivity (Wildman–Crippen MR) is 98.8 cm³/mol. The number of carbonyl (C=O) groups excluding carboxylic acids is 1. The van der Waals surface area contributed by atoms with Gasteiger partial charge in [0.15, 0.2) is 11.5 Å². The minimum Gasteiger partial charge on any atom is -0.493 e. The zero-order valence-electron chi connectivity index (χ0n) is 15.9. The number of carbonyl (C=O) groups is 2. The van der Waals surface area contributed by atoms with E-state index in [9.17, 15) is 9.59 Å². The molecule has 1 saturated heterocycles. The Balaban J connectivity index is 2.04. The maximum Gasteiger partial charge on any atom is 0.303 e. The third-order valence-corrected chi connectivity index (χ3v) is 4.56. The molecule has 1 N–H and O–H groups in total. The number of amides is 1. The molecule has 1 aliphatic heterocycles. The lowest BCUT2D eigenvalue weighted by Crippen LogP contribution is -2.40. The number of benzene rings is 1. The maximum absolute atomic E-state index is 12.8. The Labute approximate surface area is 155 Å². The average molecular weight is 363 g/mol. The Morgan fingerprint density at radius 1 is 1.31 bits per heavy atom. The average Bonchev–Trinajstić information content (AvgIpc) is 2.64. The van der Waals surface area contributed by atoms with Crippen LogP contribution in [-0.2, 0) is 4.79 Å². The zero-order valence-corrected chi connectivity index (χ0v) is 15.9. The van der Waals surface area contributed by atoms with Crippen molar-refractivity contribution in [1.29, 1.82) is 0 Å². The largest absolute Gasteiger partial charge is 0.493 e. The van der Waals surface area contributed by atoms with E-state index >= 15 is 0 Å². The van der Waals surface area contributed by atoms with Gasteiger partial charge >= 0.3 is 5.97 Å². The molecule has 1 aromatic carbocycles. The number of nitrogens with zero attached hydrogens (tertiary/aromatic N) is 1. The lowest BCUT2D eigenvalue weighted by molar-refractivity contribution is -0.137. The van der Waals surface area contributed by atoms with Gasteiger partial charge in [0.25, 0.3) is 5.91 Å². The molecule has 1 aromatic rings. The number of methoxy groups -OCH3 is 1. The Kier molecular flexibility index (Phi) is 7.30. The van der Waals surface area contributed by atoms with Gasteiger partial charge < -0.3 is 19.5 Å². The minimum atomic E-state index is -0.782. The van der Waals surface area contributed by atoms with E-state index < -0.39 is 5.97 Å². The number of carboxylic acid groups (broad SMARTS) is 1. The molecule has 0 aliphatic carbocycles. The molecule has 0 aromatic heterocycles. The fraction of sp³-hybridized carbons (Fsp3) is 0.600. The Morgan fingerprint density at radius 2 is 2.08 bits per heavy atom. The fourth-order valence-corrected chi connectivity index (χ4v) is 3.17. The summed E-state index contributed by atoms with van der Waals surface area (Å²) in [5.41, 5.74) is 0.567. The number of likely N-dealkylation sites (tertiary alicyclic amines) is 1. The monoisotopic (exact) mass is 363 g/mol. The van der Waals surface area contributed by atoms with Crippen molar-refractivity contribution in [2.75, 3.05) is 26.8 Å². The first kappa shape index (κ1) is 20.1. The molecule has 26 heavy (non-hydrogen) atoms. The van der Waals surface area contributed by atoms with Gasteiger partial charge in [-0.1, -0.05) is 13.8 Å². The van der Waals surface area contributed by atoms with E-state index in [-0.39, 0.29) is 18.2 Å².